The number of morpholine rings is 1. The molecule has 0 radical (unpaired) electrons. The number of carbonyl (C=O) groups excluding carboxylic acids is 1. The molecule has 2 N–H and O–H groups in total. The van der Waals surface area contributed by atoms with E-state index in [0.717, 1.165) is 30.8 Å². The number of nitrogens with one attached hydrogen (secondary N) is 2. The first-order valence-corrected chi connectivity index (χ1v) is 9.89. The van der Waals surface area contributed by atoms with Gasteiger partial charge in [-0.05, 0) is 48.6 Å². The van der Waals surface area contributed by atoms with E-state index < -0.39 is 0 Å². The second-order valence-electron chi connectivity index (χ2n) is 7.57. The molecule has 1 aliphatic heterocycles. The molecule has 6 nitrogen and oxygen atoms in total. The van der Waals surface area contributed by atoms with Crippen molar-refractivity contribution in [3.05, 3.63) is 63.6 Å². The average molecular weight is 420 g/mol. The van der Waals surface area contributed by atoms with E-state index in [1.807, 2.05) is 30.3 Å². The Hall–Kier alpha value is -2.15. The molecule has 158 valence electrons. The zero-order valence-corrected chi connectivity index (χ0v) is 18.1. The summed E-state index contributed by atoms with van der Waals surface area (Å²) in [5.74, 6) is 0.0369. The van der Waals surface area contributed by atoms with Gasteiger partial charge in [0, 0.05) is 31.0 Å². The Morgan fingerprint density at radius 2 is 2.14 bits per heavy atom. The molecule has 1 aromatic carbocycles. The Balaban J connectivity index is 0.00000300. The van der Waals surface area contributed by atoms with E-state index in [1.165, 1.54) is 0 Å². The van der Waals surface area contributed by atoms with Crippen LogP contribution in [-0.4, -0.2) is 42.8 Å². The van der Waals surface area contributed by atoms with Crippen LogP contribution in [0.1, 0.15) is 47.7 Å². The summed E-state index contributed by atoms with van der Waals surface area (Å²) in [6.07, 6.45) is 2.50. The summed E-state index contributed by atoms with van der Waals surface area (Å²) in [5, 5.41) is 6.25. The normalized spacial score (nSPS) is 16.3. The fourth-order valence-electron chi connectivity index (χ4n) is 3.39. The maximum absolute atomic E-state index is 13.0. The van der Waals surface area contributed by atoms with Crippen molar-refractivity contribution in [2.24, 2.45) is 0 Å². The molecule has 1 atom stereocenters. The highest BCUT2D eigenvalue weighted by Gasteiger charge is 2.18. The van der Waals surface area contributed by atoms with Crippen LogP contribution in [0.25, 0.3) is 5.69 Å². The molecule has 1 aromatic heterocycles. The third-order valence-corrected chi connectivity index (χ3v) is 5.12. The Labute approximate surface area is 178 Å². The molecule has 1 unspecified atom stereocenters. The second kappa shape index (κ2) is 10.6. The SMILES string of the molecule is Cc1ccn(-c2cccc(C(C)C)c2)c(=O)c1C(=O)NCCC1COCCN1.Cl. The number of hydrogen-bond acceptors (Lipinski definition) is 4. The summed E-state index contributed by atoms with van der Waals surface area (Å²) in [5.41, 5.74) is 2.51. The van der Waals surface area contributed by atoms with Crippen LogP contribution in [0, 0.1) is 6.92 Å². The minimum absolute atomic E-state index is 0. The molecule has 29 heavy (non-hydrogen) atoms. The summed E-state index contributed by atoms with van der Waals surface area (Å²) >= 11 is 0. The van der Waals surface area contributed by atoms with Gasteiger partial charge in [-0.3, -0.25) is 14.2 Å². The number of amides is 1. The predicted molar refractivity (Wildman–Crippen MR) is 118 cm³/mol. The number of benzene rings is 1. The van der Waals surface area contributed by atoms with E-state index in [9.17, 15) is 9.59 Å². The number of nitrogens with zero attached hydrogens (tertiary/aromatic N) is 1. The van der Waals surface area contributed by atoms with Gasteiger partial charge in [-0.25, -0.2) is 0 Å². The quantitative estimate of drug-likeness (QED) is 0.755. The summed E-state index contributed by atoms with van der Waals surface area (Å²) in [6, 6.07) is 9.92. The molecule has 0 aliphatic carbocycles. The van der Waals surface area contributed by atoms with Gasteiger partial charge in [-0.15, -0.1) is 12.4 Å². The summed E-state index contributed by atoms with van der Waals surface area (Å²) < 4.78 is 6.97. The van der Waals surface area contributed by atoms with Gasteiger partial charge >= 0.3 is 0 Å². The molecule has 1 saturated heterocycles. The minimum atomic E-state index is -0.325. The number of halogens is 1. The first-order valence-electron chi connectivity index (χ1n) is 9.89. The van der Waals surface area contributed by atoms with Crippen LogP contribution in [0.3, 0.4) is 0 Å². The highest BCUT2D eigenvalue weighted by Crippen LogP contribution is 2.17. The number of pyridine rings is 1. The third kappa shape index (κ3) is 5.69. The summed E-state index contributed by atoms with van der Waals surface area (Å²) in [6.45, 7) is 8.72. The van der Waals surface area contributed by atoms with Gasteiger partial charge in [0.15, 0.2) is 0 Å². The van der Waals surface area contributed by atoms with Crippen molar-refractivity contribution in [3.63, 3.8) is 0 Å². The van der Waals surface area contributed by atoms with Crippen molar-refractivity contribution in [2.45, 2.75) is 39.2 Å². The number of hydrogen-bond donors (Lipinski definition) is 2. The lowest BCUT2D eigenvalue weighted by Gasteiger charge is -2.23. The van der Waals surface area contributed by atoms with Gasteiger partial charge in [-0.2, -0.15) is 0 Å². The lowest BCUT2D eigenvalue weighted by Crippen LogP contribution is -2.43. The van der Waals surface area contributed by atoms with Crippen LogP contribution in [-0.2, 0) is 4.74 Å². The molecular formula is C22H30ClN3O3. The van der Waals surface area contributed by atoms with E-state index in [-0.39, 0.29) is 35.5 Å². The van der Waals surface area contributed by atoms with Crippen LogP contribution < -0.4 is 16.2 Å². The van der Waals surface area contributed by atoms with Gasteiger partial charge in [0.25, 0.3) is 11.5 Å². The number of ether oxygens (including phenoxy) is 1. The van der Waals surface area contributed by atoms with E-state index in [4.69, 9.17) is 4.74 Å². The van der Waals surface area contributed by atoms with Crippen LogP contribution in [0.2, 0.25) is 0 Å². The van der Waals surface area contributed by atoms with Crippen molar-refractivity contribution < 1.29 is 9.53 Å². The molecule has 3 rings (SSSR count). The lowest BCUT2D eigenvalue weighted by molar-refractivity contribution is 0.0732. The molecule has 2 aromatic rings. The van der Waals surface area contributed by atoms with Crippen molar-refractivity contribution in [2.75, 3.05) is 26.3 Å². The first kappa shape index (κ1) is 23.1. The lowest BCUT2D eigenvalue weighted by atomic mass is 10.0. The van der Waals surface area contributed by atoms with Crippen molar-refractivity contribution in [3.8, 4) is 5.69 Å². The first-order chi connectivity index (χ1) is 13.5. The molecule has 7 heteroatoms. The maximum atomic E-state index is 13.0. The number of aryl methyl sites for hydroxylation is 1. The maximum Gasteiger partial charge on any atom is 0.268 e. The van der Waals surface area contributed by atoms with E-state index in [0.29, 0.717) is 24.6 Å². The molecular weight excluding hydrogens is 390 g/mol. The Morgan fingerprint density at radius 3 is 2.83 bits per heavy atom. The molecule has 2 heterocycles. The number of carbonyl (C=O) groups is 1. The van der Waals surface area contributed by atoms with Crippen LogP contribution in [0.5, 0.6) is 0 Å². The molecule has 0 spiro atoms. The Kier molecular flexibility index (Phi) is 8.44. The number of rotatable bonds is 6. The Morgan fingerprint density at radius 1 is 1.34 bits per heavy atom. The smallest absolute Gasteiger partial charge is 0.268 e. The zero-order chi connectivity index (χ0) is 20.1. The predicted octanol–water partition coefficient (Wildman–Crippen LogP) is 2.80. The van der Waals surface area contributed by atoms with E-state index in [2.05, 4.69) is 24.5 Å². The fourth-order valence-corrected chi connectivity index (χ4v) is 3.39. The highest BCUT2D eigenvalue weighted by atomic mass is 35.5. The van der Waals surface area contributed by atoms with Crippen molar-refractivity contribution >= 4 is 18.3 Å². The van der Waals surface area contributed by atoms with Gasteiger partial charge in [0.1, 0.15) is 5.56 Å². The molecule has 1 fully saturated rings. The molecule has 0 saturated carbocycles. The van der Waals surface area contributed by atoms with E-state index in [1.54, 1.807) is 17.7 Å². The van der Waals surface area contributed by atoms with E-state index >= 15 is 0 Å². The monoisotopic (exact) mass is 419 g/mol. The van der Waals surface area contributed by atoms with Gasteiger partial charge in [-0.1, -0.05) is 26.0 Å². The second-order valence-corrected chi connectivity index (χ2v) is 7.57. The third-order valence-electron chi connectivity index (χ3n) is 5.12. The Bertz CT molecular complexity index is 889. The van der Waals surface area contributed by atoms with Crippen molar-refractivity contribution in [1.82, 2.24) is 15.2 Å². The molecule has 1 amide bonds. The summed E-state index contributed by atoms with van der Waals surface area (Å²) in [7, 11) is 0. The molecule has 1 aliphatic rings. The van der Waals surface area contributed by atoms with Crippen molar-refractivity contribution in [1.29, 1.82) is 0 Å². The van der Waals surface area contributed by atoms with Gasteiger partial charge in [0.05, 0.1) is 13.2 Å². The topological polar surface area (TPSA) is 72.4 Å². The standard InChI is InChI=1S/C22H29N3O3.ClH/c1-15(2)17-5-4-6-19(13-17)25-11-8-16(3)20(22(25)27)21(26)24-9-7-18-14-28-12-10-23-18;/h4-6,8,11,13,15,18,23H,7,9-10,12,14H2,1-3H3,(H,24,26);1H. The van der Waals surface area contributed by atoms with Crippen LogP contribution in [0.15, 0.2) is 41.3 Å². The summed E-state index contributed by atoms with van der Waals surface area (Å²) in [4.78, 5) is 25.8. The van der Waals surface area contributed by atoms with Gasteiger partial charge in [0.2, 0.25) is 0 Å². The zero-order valence-electron chi connectivity index (χ0n) is 17.2. The highest BCUT2D eigenvalue weighted by molar-refractivity contribution is 5.95. The van der Waals surface area contributed by atoms with Crippen LogP contribution >= 0.6 is 12.4 Å². The number of aromatic nitrogens is 1. The van der Waals surface area contributed by atoms with Crippen LogP contribution in [0.4, 0.5) is 0 Å². The fraction of sp³-hybridized carbons (Fsp3) is 0.455. The molecule has 0 bridgehead atoms. The largest absolute Gasteiger partial charge is 0.379 e. The van der Waals surface area contributed by atoms with Gasteiger partial charge < -0.3 is 15.4 Å². The minimum Gasteiger partial charge on any atom is -0.379 e. The average Bonchev–Trinajstić information content (AvgIpc) is 2.69.